The molecule has 0 saturated heterocycles. The zero-order valence-electron chi connectivity index (χ0n) is 9.95. The number of nitrogens with one attached hydrogen (secondary N) is 1. The molecule has 3 nitrogen and oxygen atoms in total. The summed E-state index contributed by atoms with van der Waals surface area (Å²) < 4.78 is 0. The molecular formula is C13H17ClN2O. The summed E-state index contributed by atoms with van der Waals surface area (Å²) in [6, 6.07) is 5.35. The van der Waals surface area contributed by atoms with Crippen molar-refractivity contribution in [1.82, 2.24) is 10.3 Å². The molecule has 0 aliphatic heterocycles. The van der Waals surface area contributed by atoms with Crippen molar-refractivity contribution in [2.45, 2.75) is 38.6 Å². The average Bonchev–Trinajstić information content (AvgIpc) is 3.12. The Morgan fingerprint density at radius 2 is 2.35 bits per heavy atom. The fraction of sp³-hybridized carbons (Fsp3) is 0.538. The predicted molar refractivity (Wildman–Crippen MR) is 68.1 cm³/mol. The van der Waals surface area contributed by atoms with E-state index in [1.54, 1.807) is 18.2 Å². The highest BCUT2D eigenvalue weighted by atomic mass is 35.5. The number of carbonyl (C=O) groups excluding carboxylic acids is 1. The van der Waals surface area contributed by atoms with Gasteiger partial charge in [-0.05, 0) is 30.9 Å². The smallest absolute Gasteiger partial charge is 0.270 e. The summed E-state index contributed by atoms with van der Waals surface area (Å²) in [7, 11) is 0. The van der Waals surface area contributed by atoms with Crippen molar-refractivity contribution in [3.05, 3.63) is 29.0 Å². The molecule has 0 radical (unpaired) electrons. The Balaban J connectivity index is 1.94. The number of rotatable bonds is 5. The second-order valence-corrected chi connectivity index (χ2v) is 4.99. The average molecular weight is 253 g/mol. The molecule has 2 rings (SSSR count). The molecule has 92 valence electrons. The van der Waals surface area contributed by atoms with E-state index in [1.807, 2.05) is 0 Å². The van der Waals surface area contributed by atoms with Crippen molar-refractivity contribution < 1.29 is 4.79 Å². The number of aromatic nitrogens is 1. The Morgan fingerprint density at radius 3 is 2.94 bits per heavy atom. The van der Waals surface area contributed by atoms with Crippen LogP contribution in [0.15, 0.2) is 18.2 Å². The maximum Gasteiger partial charge on any atom is 0.270 e. The molecule has 1 aromatic rings. The van der Waals surface area contributed by atoms with Gasteiger partial charge in [0.2, 0.25) is 0 Å². The van der Waals surface area contributed by atoms with Crippen molar-refractivity contribution >= 4 is 17.5 Å². The first kappa shape index (κ1) is 12.4. The maximum atomic E-state index is 11.9. The van der Waals surface area contributed by atoms with Crippen LogP contribution in [0.3, 0.4) is 0 Å². The van der Waals surface area contributed by atoms with Gasteiger partial charge in [0.25, 0.3) is 5.91 Å². The van der Waals surface area contributed by atoms with E-state index in [1.165, 1.54) is 12.8 Å². The molecule has 0 aromatic carbocycles. The summed E-state index contributed by atoms with van der Waals surface area (Å²) in [5.41, 5.74) is 0.395. The largest absolute Gasteiger partial charge is 0.348 e. The first-order valence-electron chi connectivity index (χ1n) is 6.12. The van der Waals surface area contributed by atoms with E-state index >= 15 is 0 Å². The Bertz CT molecular complexity index is 404. The number of nitrogens with zero attached hydrogens (tertiary/aromatic N) is 1. The molecule has 0 spiro atoms. The minimum absolute atomic E-state index is 0.125. The molecular weight excluding hydrogens is 236 g/mol. The Kier molecular flexibility index (Phi) is 4.00. The van der Waals surface area contributed by atoms with Crippen molar-refractivity contribution in [2.75, 3.05) is 0 Å². The van der Waals surface area contributed by atoms with Crippen LogP contribution < -0.4 is 5.32 Å². The summed E-state index contributed by atoms with van der Waals surface area (Å²) in [6.45, 7) is 2.10. The van der Waals surface area contributed by atoms with Gasteiger partial charge >= 0.3 is 0 Å². The van der Waals surface area contributed by atoms with Crippen LogP contribution in [0.25, 0.3) is 0 Å². The fourth-order valence-corrected chi connectivity index (χ4v) is 2.04. The molecule has 1 saturated carbocycles. The normalized spacial score (nSPS) is 16.6. The lowest BCUT2D eigenvalue weighted by Crippen LogP contribution is -2.35. The number of pyridine rings is 1. The lowest BCUT2D eigenvalue weighted by molar-refractivity contribution is 0.0927. The molecule has 1 fully saturated rings. The minimum atomic E-state index is -0.125. The topological polar surface area (TPSA) is 42.0 Å². The molecule has 4 heteroatoms. The van der Waals surface area contributed by atoms with Crippen molar-refractivity contribution in [1.29, 1.82) is 0 Å². The highest BCUT2D eigenvalue weighted by Crippen LogP contribution is 2.34. The molecule has 1 unspecified atom stereocenters. The number of hydrogen-bond donors (Lipinski definition) is 1. The molecule has 1 N–H and O–H groups in total. The molecule has 1 aliphatic rings. The summed E-state index contributed by atoms with van der Waals surface area (Å²) in [5.74, 6) is 0.688. The summed E-state index contributed by atoms with van der Waals surface area (Å²) >= 11 is 5.76. The molecule has 1 atom stereocenters. The van der Waals surface area contributed by atoms with E-state index in [9.17, 15) is 4.79 Å². The number of amides is 1. The monoisotopic (exact) mass is 252 g/mol. The van der Waals surface area contributed by atoms with E-state index in [2.05, 4.69) is 17.2 Å². The lowest BCUT2D eigenvalue weighted by Gasteiger charge is -2.16. The zero-order chi connectivity index (χ0) is 12.3. The third kappa shape index (κ3) is 3.70. The van der Waals surface area contributed by atoms with Gasteiger partial charge in [-0.1, -0.05) is 37.4 Å². The number of hydrogen-bond acceptors (Lipinski definition) is 2. The van der Waals surface area contributed by atoms with Crippen LogP contribution in [-0.4, -0.2) is 16.9 Å². The number of halogens is 1. The van der Waals surface area contributed by atoms with E-state index in [-0.39, 0.29) is 11.9 Å². The van der Waals surface area contributed by atoms with Crippen molar-refractivity contribution in [3.63, 3.8) is 0 Å². The van der Waals surface area contributed by atoms with Gasteiger partial charge in [-0.2, -0.15) is 0 Å². The molecule has 17 heavy (non-hydrogen) atoms. The molecule has 1 aromatic heterocycles. The van der Waals surface area contributed by atoms with Crippen LogP contribution in [-0.2, 0) is 0 Å². The fourth-order valence-electron chi connectivity index (χ4n) is 1.88. The SMILES string of the molecule is CCC(CC1CC1)NC(=O)c1cccc(Cl)n1. The first-order valence-corrected chi connectivity index (χ1v) is 6.50. The third-order valence-corrected chi connectivity index (χ3v) is 3.30. The molecule has 1 amide bonds. The van der Waals surface area contributed by atoms with Gasteiger partial charge < -0.3 is 5.32 Å². The Morgan fingerprint density at radius 1 is 1.59 bits per heavy atom. The third-order valence-electron chi connectivity index (χ3n) is 3.09. The van der Waals surface area contributed by atoms with E-state index in [0.717, 1.165) is 18.8 Å². The van der Waals surface area contributed by atoms with Crippen LogP contribution in [0, 0.1) is 5.92 Å². The highest BCUT2D eigenvalue weighted by Gasteiger charge is 2.25. The van der Waals surface area contributed by atoms with Crippen LogP contribution in [0.2, 0.25) is 5.15 Å². The highest BCUT2D eigenvalue weighted by molar-refractivity contribution is 6.29. The lowest BCUT2D eigenvalue weighted by atomic mass is 10.1. The molecule has 0 bridgehead atoms. The van der Waals surface area contributed by atoms with Gasteiger partial charge in [-0.15, -0.1) is 0 Å². The van der Waals surface area contributed by atoms with Crippen LogP contribution in [0.1, 0.15) is 43.1 Å². The summed E-state index contributed by atoms with van der Waals surface area (Å²) in [4.78, 5) is 15.9. The van der Waals surface area contributed by atoms with Gasteiger partial charge in [0, 0.05) is 6.04 Å². The van der Waals surface area contributed by atoms with Crippen molar-refractivity contribution in [3.8, 4) is 0 Å². The summed E-state index contributed by atoms with van der Waals surface area (Å²) in [5, 5.41) is 3.38. The second kappa shape index (κ2) is 5.50. The van der Waals surface area contributed by atoms with Gasteiger partial charge in [-0.3, -0.25) is 4.79 Å². The maximum absolute atomic E-state index is 11.9. The van der Waals surface area contributed by atoms with Gasteiger partial charge in [0.05, 0.1) is 0 Å². The van der Waals surface area contributed by atoms with Crippen LogP contribution in [0.5, 0.6) is 0 Å². The Hall–Kier alpha value is -1.09. The van der Waals surface area contributed by atoms with Gasteiger partial charge in [0.15, 0.2) is 0 Å². The van der Waals surface area contributed by atoms with E-state index in [0.29, 0.717) is 10.8 Å². The number of carbonyl (C=O) groups is 1. The second-order valence-electron chi connectivity index (χ2n) is 4.60. The van der Waals surface area contributed by atoms with Crippen molar-refractivity contribution in [2.24, 2.45) is 5.92 Å². The van der Waals surface area contributed by atoms with Crippen LogP contribution >= 0.6 is 11.6 Å². The zero-order valence-corrected chi connectivity index (χ0v) is 10.7. The molecule has 1 heterocycles. The summed E-state index contributed by atoms with van der Waals surface area (Å²) in [6.07, 6.45) is 4.66. The molecule has 1 aliphatic carbocycles. The standard InChI is InChI=1S/C13H17ClN2O/c1-2-10(8-9-6-7-9)15-13(17)11-4-3-5-12(14)16-11/h3-5,9-10H,2,6-8H2,1H3,(H,15,17). The quantitative estimate of drug-likeness (QED) is 0.819. The van der Waals surface area contributed by atoms with Gasteiger partial charge in [-0.25, -0.2) is 4.98 Å². The van der Waals surface area contributed by atoms with E-state index in [4.69, 9.17) is 11.6 Å². The Labute approximate surface area is 107 Å². The van der Waals surface area contributed by atoms with Gasteiger partial charge in [0.1, 0.15) is 10.8 Å². The first-order chi connectivity index (χ1) is 8.19. The van der Waals surface area contributed by atoms with Crippen LogP contribution in [0.4, 0.5) is 0 Å². The minimum Gasteiger partial charge on any atom is -0.348 e. The van der Waals surface area contributed by atoms with E-state index < -0.39 is 0 Å². The predicted octanol–water partition coefficient (Wildman–Crippen LogP) is 3.04.